The van der Waals surface area contributed by atoms with Crippen LogP contribution in [0.1, 0.15) is 30.1 Å². The topological polar surface area (TPSA) is 93.4 Å². The monoisotopic (exact) mass is 393 g/mol. The summed E-state index contributed by atoms with van der Waals surface area (Å²) in [5, 5.41) is 5.50. The smallest absolute Gasteiger partial charge is 0.258 e. The number of ether oxygens (including phenoxy) is 1. The molecule has 0 spiro atoms. The molecule has 1 atom stereocenters. The third-order valence-electron chi connectivity index (χ3n) is 3.73. The lowest BCUT2D eigenvalue weighted by Crippen LogP contribution is -2.19. The summed E-state index contributed by atoms with van der Waals surface area (Å²) in [5.41, 5.74) is 6.25. The van der Waals surface area contributed by atoms with Gasteiger partial charge in [0, 0.05) is 23.2 Å². The maximum absolute atomic E-state index is 13.9. The molecule has 8 heteroatoms. The van der Waals surface area contributed by atoms with Gasteiger partial charge in [-0.25, -0.2) is 4.39 Å². The molecule has 0 aliphatic heterocycles. The molecule has 27 heavy (non-hydrogen) atoms. The van der Waals surface area contributed by atoms with Crippen LogP contribution in [-0.2, 0) is 4.79 Å². The second kappa shape index (κ2) is 9.34. The van der Waals surface area contributed by atoms with Gasteiger partial charge in [-0.2, -0.15) is 0 Å². The lowest BCUT2D eigenvalue weighted by Gasteiger charge is -2.13. The fourth-order valence-corrected chi connectivity index (χ4v) is 2.49. The van der Waals surface area contributed by atoms with Crippen molar-refractivity contribution in [3.63, 3.8) is 0 Å². The number of anilines is 2. The Morgan fingerprint density at radius 3 is 2.59 bits per heavy atom. The Kier molecular flexibility index (Phi) is 7.15. The van der Waals surface area contributed by atoms with E-state index in [2.05, 4.69) is 10.6 Å². The first-order chi connectivity index (χ1) is 12.8. The normalized spacial score (nSPS) is 11.6. The van der Waals surface area contributed by atoms with Gasteiger partial charge in [-0.1, -0.05) is 11.6 Å². The number of carbonyl (C=O) groups excluding carboxylic acids is 2. The van der Waals surface area contributed by atoms with Crippen molar-refractivity contribution in [1.29, 1.82) is 0 Å². The van der Waals surface area contributed by atoms with Crippen molar-refractivity contribution in [2.45, 2.75) is 25.8 Å². The van der Waals surface area contributed by atoms with Gasteiger partial charge >= 0.3 is 0 Å². The molecule has 0 aliphatic carbocycles. The number of methoxy groups -OCH3 is 1. The first-order valence-electron chi connectivity index (χ1n) is 8.30. The van der Waals surface area contributed by atoms with Crippen molar-refractivity contribution in [2.24, 2.45) is 5.73 Å². The van der Waals surface area contributed by atoms with E-state index in [-0.39, 0.29) is 29.0 Å². The van der Waals surface area contributed by atoms with Crippen molar-refractivity contribution >= 4 is 34.8 Å². The Morgan fingerprint density at radius 2 is 1.96 bits per heavy atom. The quantitative estimate of drug-likeness (QED) is 0.666. The number of nitrogens with two attached hydrogens (primary N) is 1. The average molecular weight is 394 g/mol. The van der Waals surface area contributed by atoms with Gasteiger partial charge in [-0.3, -0.25) is 9.59 Å². The highest BCUT2D eigenvalue weighted by Gasteiger charge is 2.15. The third-order valence-corrected chi connectivity index (χ3v) is 3.97. The zero-order valence-electron chi connectivity index (χ0n) is 15.0. The Labute approximate surface area is 161 Å². The van der Waals surface area contributed by atoms with Crippen molar-refractivity contribution in [1.82, 2.24) is 0 Å². The Bertz CT molecular complexity index is 843. The van der Waals surface area contributed by atoms with Crippen LogP contribution >= 0.6 is 11.6 Å². The molecular formula is C19H21ClFN3O3. The lowest BCUT2D eigenvalue weighted by molar-refractivity contribution is -0.116. The van der Waals surface area contributed by atoms with E-state index in [1.807, 2.05) is 6.92 Å². The second-order valence-electron chi connectivity index (χ2n) is 6.06. The van der Waals surface area contributed by atoms with Crippen molar-refractivity contribution < 1.29 is 18.7 Å². The number of rotatable bonds is 7. The van der Waals surface area contributed by atoms with Crippen LogP contribution in [0, 0.1) is 5.82 Å². The molecule has 2 aromatic rings. The summed E-state index contributed by atoms with van der Waals surface area (Å²) in [6.07, 6.45) is 0.836. The predicted molar refractivity (Wildman–Crippen MR) is 104 cm³/mol. The number of carbonyl (C=O) groups is 2. The number of hydrogen-bond acceptors (Lipinski definition) is 4. The van der Waals surface area contributed by atoms with Gasteiger partial charge in [0.2, 0.25) is 5.91 Å². The van der Waals surface area contributed by atoms with Crippen LogP contribution in [-0.4, -0.2) is 25.0 Å². The molecule has 0 aliphatic rings. The first kappa shape index (κ1) is 20.7. The van der Waals surface area contributed by atoms with Gasteiger partial charge in [-0.15, -0.1) is 0 Å². The van der Waals surface area contributed by atoms with E-state index in [9.17, 15) is 14.0 Å². The summed E-state index contributed by atoms with van der Waals surface area (Å²) in [5.74, 6) is -1.23. The summed E-state index contributed by atoms with van der Waals surface area (Å²) in [7, 11) is 1.44. The minimum absolute atomic E-state index is 0.0734. The molecule has 0 radical (unpaired) electrons. The van der Waals surface area contributed by atoms with Crippen molar-refractivity contribution in [3.05, 3.63) is 52.8 Å². The molecule has 0 saturated carbocycles. The number of hydrogen-bond donors (Lipinski definition) is 3. The van der Waals surface area contributed by atoms with E-state index in [1.54, 1.807) is 12.1 Å². The molecular weight excluding hydrogens is 373 g/mol. The molecule has 0 fully saturated rings. The zero-order valence-corrected chi connectivity index (χ0v) is 15.8. The van der Waals surface area contributed by atoms with E-state index in [4.69, 9.17) is 22.1 Å². The van der Waals surface area contributed by atoms with E-state index < -0.39 is 11.7 Å². The SMILES string of the molecule is COc1ccc(NC(=O)CCC(C)N)cc1NC(=O)c1ccc(Cl)cc1F. The van der Waals surface area contributed by atoms with Crippen molar-refractivity contribution in [2.75, 3.05) is 17.7 Å². The van der Waals surface area contributed by atoms with Crippen LogP contribution in [0.2, 0.25) is 5.02 Å². The minimum Gasteiger partial charge on any atom is -0.495 e. The molecule has 144 valence electrons. The number of halogens is 2. The highest BCUT2D eigenvalue weighted by Crippen LogP contribution is 2.29. The molecule has 2 rings (SSSR count). The van der Waals surface area contributed by atoms with Gasteiger partial charge in [0.1, 0.15) is 11.6 Å². The molecule has 0 saturated heterocycles. The van der Waals surface area contributed by atoms with Crippen LogP contribution in [0.5, 0.6) is 5.75 Å². The molecule has 2 aromatic carbocycles. The Hall–Kier alpha value is -2.64. The van der Waals surface area contributed by atoms with Crippen LogP contribution < -0.4 is 21.1 Å². The van der Waals surface area contributed by atoms with Gasteiger partial charge in [-0.05, 0) is 49.7 Å². The van der Waals surface area contributed by atoms with Crippen molar-refractivity contribution in [3.8, 4) is 5.75 Å². The minimum atomic E-state index is -0.737. The highest BCUT2D eigenvalue weighted by molar-refractivity contribution is 6.30. The molecule has 2 amide bonds. The zero-order chi connectivity index (χ0) is 20.0. The number of nitrogens with one attached hydrogen (secondary N) is 2. The molecule has 0 heterocycles. The summed E-state index contributed by atoms with van der Waals surface area (Å²) in [6.45, 7) is 1.82. The Balaban J connectivity index is 2.17. The van der Waals surface area contributed by atoms with E-state index >= 15 is 0 Å². The maximum atomic E-state index is 13.9. The fraction of sp³-hybridized carbons (Fsp3) is 0.263. The standard InChI is InChI=1S/C19H21ClFN3O3/c1-11(22)3-8-18(25)23-13-5-7-17(27-2)16(10-13)24-19(26)14-6-4-12(20)9-15(14)21/h4-7,9-11H,3,8,22H2,1-2H3,(H,23,25)(H,24,26). The summed E-state index contributed by atoms with van der Waals surface area (Å²) in [4.78, 5) is 24.3. The summed E-state index contributed by atoms with van der Waals surface area (Å²) >= 11 is 5.70. The van der Waals surface area contributed by atoms with E-state index in [0.29, 0.717) is 23.5 Å². The molecule has 0 bridgehead atoms. The average Bonchev–Trinajstić information content (AvgIpc) is 2.60. The fourth-order valence-electron chi connectivity index (χ4n) is 2.33. The third kappa shape index (κ3) is 5.94. The van der Waals surface area contributed by atoms with Gasteiger partial charge in [0.15, 0.2) is 0 Å². The van der Waals surface area contributed by atoms with E-state index in [0.717, 1.165) is 6.07 Å². The molecule has 0 aromatic heterocycles. The largest absolute Gasteiger partial charge is 0.495 e. The molecule has 6 nitrogen and oxygen atoms in total. The molecule has 1 unspecified atom stereocenters. The second-order valence-corrected chi connectivity index (χ2v) is 6.49. The molecule has 4 N–H and O–H groups in total. The van der Waals surface area contributed by atoms with Crippen LogP contribution in [0.15, 0.2) is 36.4 Å². The van der Waals surface area contributed by atoms with Gasteiger partial charge < -0.3 is 21.1 Å². The predicted octanol–water partition coefficient (Wildman–Crippen LogP) is 3.81. The lowest BCUT2D eigenvalue weighted by atomic mass is 10.1. The van der Waals surface area contributed by atoms with Crippen LogP contribution in [0.25, 0.3) is 0 Å². The first-order valence-corrected chi connectivity index (χ1v) is 8.68. The van der Waals surface area contributed by atoms with Gasteiger partial charge in [0.25, 0.3) is 5.91 Å². The van der Waals surface area contributed by atoms with Gasteiger partial charge in [0.05, 0.1) is 18.4 Å². The van der Waals surface area contributed by atoms with E-state index in [1.165, 1.54) is 25.3 Å². The summed E-state index contributed by atoms with van der Waals surface area (Å²) in [6, 6.07) is 8.47. The number of amides is 2. The maximum Gasteiger partial charge on any atom is 0.258 e. The summed E-state index contributed by atoms with van der Waals surface area (Å²) < 4.78 is 19.2. The number of benzene rings is 2. The van der Waals surface area contributed by atoms with Crippen LogP contribution in [0.4, 0.5) is 15.8 Å². The highest BCUT2D eigenvalue weighted by atomic mass is 35.5. The van der Waals surface area contributed by atoms with Crippen LogP contribution in [0.3, 0.4) is 0 Å². The Morgan fingerprint density at radius 1 is 1.22 bits per heavy atom.